The molecule has 1 rings (SSSR count). The fourth-order valence-electron chi connectivity index (χ4n) is 1.95. The van der Waals surface area contributed by atoms with Crippen molar-refractivity contribution in [1.29, 1.82) is 0 Å². The molecule has 2 unspecified atom stereocenters. The number of carboxylic acid groups (broad SMARTS) is 1. The van der Waals surface area contributed by atoms with Crippen molar-refractivity contribution in [2.45, 2.75) is 45.3 Å². The summed E-state index contributed by atoms with van der Waals surface area (Å²) >= 11 is 5.94. The first-order valence-electron chi connectivity index (χ1n) is 6.76. The molecule has 3 N–H and O–H groups in total. The van der Waals surface area contributed by atoms with Gasteiger partial charge in [0, 0.05) is 11.4 Å². The van der Waals surface area contributed by atoms with Gasteiger partial charge >= 0.3 is 5.97 Å². The molecule has 0 radical (unpaired) electrons. The third kappa shape index (κ3) is 5.73. The minimum Gasteiger partial charge on any atom is -0.480 e. The van der Waals surface area contributed by atoms with E-state index < -0.39 is 18.1 Å². The van der Waals surface area contributed by atoms with Crippen molar-refractivity contribution in [3.05, 3.63) is 34.3 Å². The number of hydrogen-bond acceptors (Lipinski definition) is 3. The Morgan fingerprint density at radius 3 is 2.57 bits per heavy atom. The average Bonchev–Trinajstić information content (AvgIpc) is 2.39. The zero-order chi connectivity index (χ0) is 16.0. The molecule has 0 aliphatic rings. The van der Waals surface area contributed by atoms with Crippen LogP contribution in [-0.2, 0) is 16.0 Å². The SMILES string of the molecule is Cc1cc(CCCC(=O)NC(C(=O)O)C(C)O)ccc1Cl. The maximum atomic E-state index is 11.7. The minimum absolute atomic E-state index is 0.207. The van der Waals surface area contributed by atoms with Crippen LogP contribution in [0, 0.1) is 6.92 Å². The molecule has 2 atom stereocenters. The largest absolute Gasteiger partial charge is 0.480 e. The van der Waals surface area contributed by atoms with E-state index in [9.17, 15) is 14.7 Å². The Bertz CT molecular complexity index is 516. The molecule has 21 heavy (non-hydrogen) atoms. The number of carbonyl (C=O) groups is 2. The highest BCUT2D eigenvalue weighted by Gasteiger charge is 2.24. The lowest BCUT2D eigenvalue weighted by atomic mass is 10.1. The van der Waals surface area contributed by atoms with Crippen LogP contribution in [0.2, 0.25) is 5.02 Å². The summed E-state index contributed by atoms with van der Waals surface area (Å²) in [4.78, 5) is 22.5. The van der Waals surface area contributed by atoms with Crippen molar-refractivity contribution in [3.63, 3.8) is 0 Å². The predicted molar refractivity (Wildman–Crippen MR) is 80.4 cm³/mol. The summed E-state index contributed by atoms with van der Waals surface area (Å²) in [7, 11) is 0. The lowest BCUT2D eigenvalue weighted by molar-refractivity contribution is -0.144. The number of aliphatic carboxylic acids is 1. The summed E-state index contributed by atoms with van der Waals surface area (Å²) in [6, 6.07) is 4.43. The molecule has 0 aliphatic carbocycles. The van der Waals surface area contributed by atoms with Crippen LogP contribution in [0.3, 0.4) is 0 Å². The number of aliphatic hydroxyl groups excluding tert-OH is 1. The fourth-order valence-corrected chi connectivity index (χ4v) is 2.07. The molecule has 0 saturated carbocycles. The second-order valence-electron chi connectivity index (χ2n) is 5.06. The molecule has 116 valence electrons. The van der Waals surface area contributed by atoms with Crippen LogP contribution >= 0.6 is 11.6 Å². The molecular weight excluding hydrogens is 294 g/mol. The minimum atomic E-state index is -1.27. The number of halogens is 1. The van der Waals surface area contributed by atoms with Crippen LogP contribution in [0.5, 0.6) is 0 Å². The normalized spacial score (nSPS) is 13.5. The Labute approximate surface area is 128 Å². The van der Waals surface area contributed by atoms with Crippen molar-refractivity contribution >= 4 is 23.5 Å². The van der Waals surface area contributed by atoms with Crippen molar-refractivity contribution in [2.24, 2.45) is 0 Å². The van der Waals surface area contributed by atoms with Crippen LogP contribution in [0.1, 0.15) is 30.9 Å². The van der Waals surface area contributed by atoms with Gasteiger partial charge in [-0.25, -0.2) is 4.79 Å². The van der Waals surface area contributed by atoms with Gasteiger partial charge < -0.3 is 15.5 Å². The topological polar surface area (TPSA) is 86.6 Å². The molecule has 1 amide bonds. The first kappa shape index (κ1) is 17.5. The van der Waals surface area contributed by atoms with E-state index in [2.05, 4.69) is 5.32 Å². The van der Waals surface area contributed by atoms with E-state index in [0.29, 0.717) is 17.9 Å². The number of rotatable bonds is 7. The maximum Gasteiger partial charge on any atom is 0.328 e. The highest BCUT2D eigenvalue weighted by atomic mass is 35.5. The summed E-state index contributed by atoms with van der Waals surface area (Å²) in [5.74, 6) is -1.62. The highest BCUT2D eigenvalue weighted by Crippen LogP contribution is 2.17. The third-order valence-electron chi connectivity index (χ3n) is 3.16. The molecule has 0 bridgehead atoms. The van der Waals surface area contributed by atoms with E-state index in [1.165, 1.54) is 6.92 Å². The van der Waals surface area contributed by atoms with Gasteiger partial charge in [0.2, 0.25) is 5.91 Å². The zero-order valence-corrected chi connectivity index (χ0v) is 12.9. The van der Waals surface area contributed by atoms with Crippen molar-refractivity contribution < 1.29 is 19.8 Å². The number of hydrogen-bond donors (Lipinski definition) is 3. The summed E-state index contributed by atoms with van der Waals surface area (Å²) in [5, 5.41) is 21.2. The Balaban J connectivity index is 2.42. The summed E-state index contributed by atoms with van der Waals surface area (Å²) in [5.41, 5.74) is 2.06. The predicted octanol–water partition coefficient (Wildman–Crippen LogP) is 1.92. The average molecular weight is 314 g/mol. The van der Waals surface area contributed by atoms with Gasteiger partial charge in [0.1, 0.15) is 0 Å². The fraction of sp³-hybridized carbons (Fsp3) is 0.467. The lowest BCUT2D eigenvalue weighted by Crippen LogP contribution is -2.47. The molecule has 0 aliphatic heterocycles. The smallest absolute Gasteiger partial charge is 0.328 e. The van der Waals surface area contributed by atoms with Gasteiger partial charge in [0.15, 0.2) is 6.04 Å². The van der Waals surface area contributed by atoms with E-state index in [1.807, 2.05) is 25.1 Å². The van der Waals surface area contributed by atoms with Crippen LogP contribution in [0.4, 0.5) is 0 Å². The van der Waals surface area contributed by atoms with Crippen molar-refractivity contribution in [3.8, 4) is 0 Å². The van der Waals surface area contributed by atoms with E-state index >= 15 is 0 Å². The molecular formula is C15H20ClNO4. The first-order valence-corrected chi connectivity index (χ1v) is 7.14. The van der Waals surface area contributed by atoms with Crippen molar-refractivity contribution in [2.75, 3.05) is 0 Å². The standard InChI is InChI=1S/C15H20ClNO4/c1-9-8-11(6-7-12(9)16)4-3-5-13(19)17-14(10(2)18)15(20)21/h6-8,10,14,18H,3-5H2,1-2H3,(H,17,19)(H,20,21). The van der Waals surface area contributed by atoms with Gasteiger partial charge in [0.25, 0.3) is 0 Å². The maximum absolute atomic E-state index is 11.7. The van der Waals surface area contributed by atoms with E-state index in [4.69, 9.17) is 16.7 Å². The Morgan fingerprint density at radius 1 is 1.38 bits per heavy atom. The highest BCUT2D eigenvalue weighted by molar-refractivity contribution is 6.31. The molecule has 0 spiro atoms. The molecule has 5 nitrogen and oxygen atoms in total. The summed E-state index contributed by atoms with van der Waals surface area (Å²) in [6.45, 7) is 3.24. The number of benzene rings is 1. The lowest BCUT2D eigenvalue weighted by Gasteiger charge is -2.16. The van der Waals surface area contributed by atoms with E-state index in [-0.39, 0.29) is 12.3 Å². The van der Waals surface area contributed by atoms with Gasteiger partial charge in [-0.15, -0.1) is 0 Å². The van der Waals surface area contributed by atoms with Gasteiger partial charge in [-0.2, -0.15) is 0 Å². The molecule has 1 aromatic rings. The van der Waals surface area contributed by atoms with E-state index in [0.717, 1.165) is 11.1 Å². The van der Waals surface area contributed by atoms with Gasteiger partial charge in [0.05, 0.1) is 6.10 Å². The first-order chi connectivity index (χ1) is 9.81. The van der Waals surface area contributed by atoms with Gasteiger partial charge in [-0.1, -0.05) is 23.7 Å². The quantitative estimate of drug-likeness (QED) is 0.718. The molecule has 0 saturated heterocycles. The molecule has 0 aromatic heterocycles. The second-order valence-corrected chi connectivity index (χ2v) is 5.47. The summed E-state index contributed by atoms with van der Waals surface area (Å²) < 4.78 is 0. The van der Waals surface area contributed by atoms with E-state index in [1.54, 1.807) is 0 Å². The molecule has 1 aromatic carbocycles. The number of carboxylic acids is 1. The Hall–Kier alpha value is -1.59. The monoisotopic (exact) mass is 313 g/mol. The summed E-state index contributed by atoms with van der Waals surface area (Å²) in [6.07, 6.45) is 0.375. The number of amides is 1. The number of nitrogens with one attached hydrogen (secondary N) is 1. The van der Waals surface area contributed by atoms with Crippen LogP contribution < -0.4 is 5.32 Å². The van der Waals surface area contributed by atoms with Gasteiger partial charge in [-0.05, 0) is 43.9 Å². The molecule has 6 heteroatoms. The molecule has 0 fully saturated rings. The Morgan fingerprint density at radius 2 is 2.05 bits per heavy atom. The Kier molecular flexibility index (Phi) is 6.65. The number of aliphatic hydroxyl groups is 1. The van der Waals surface area contributed by atoms with Crippen LogP contribution in [0.15, 0.2) is 18.2 Å². The van der Waals surface area contributed by atoms with Crippen LogP contribution in [0.25, 0.3) is 0 Å². The van der Waals surface area contributed by atoms with Crippen molar-refractivity contribution in [1.82, 2.24) is 5.32 Å². The second kappa shape index (κ2) is 8.00. The third-order valence-corrected chi connectivity index (χ3v) is 3.58. The zero-order valence-electron chi connectivity index (χ0n) is 12.1. The van der Waals surface area contributed by atoms with Crippen LogP contribution in [-0.4, -0.2) is 34.2 Å². The molecule has 0 heterocycles. The number of carbonyl (C=O) groups excluding carboxylic acids is 1. The number of aryl methyl sites for hydroxylation is 2. The van der Waals surface area contributed by atoms with Gasteiger partial charge in [-0.3, -0.25) is 4.79 Å².